The number of hydrogen-bond donors (Lipinski definition) is 1. The Morgan fingerprint density at radius 3 is 2.80 bits per heavy atom. The first-order chi connectivity index (χ1) is 9.43. The number of hydrogen-bond acceptors (Lipinski definition) is 4. The minimum absolute atomic E-state index is 0.0646. The lowest BCUT2D eigenvalue weighted by Crippen LogP contribution is -2.28. The molecule has 6 heteroatoms. The van der Waals surface area contributed by atoms with Crippen molar-refractivity contribution in [3.05, 3.63) is 17.9 Å². The quantitative estimate of drug-likeness (QED) is 0.875. The fraction of sp³-hybridized carbons (Fsp3) is 0.714. The summed E-state index contributed by atoms with van der Waals surface area (Å²) in [4.78, 5) is 0. The molecule has 0 aromatic carbocycles. The largest absolute Gasteiger partial charge is 0.447 e. The van der Waals surface area contributed by atoms with Crippen LogP contribution in [0.3, 0.4) is 0 Å². The van der Waals surface area contributed by atoms with Gasteiger partial charge in [-0.1, -0.05) is 27.2 Å². The van der Waals surface area contributed by atoms with Crippen molar-refractivity contribution in [2.45, 2.75) is 51.3 Å². The molecule has 2 heterocycles. The van der Waals surface area contributed by atoms with E-state index in [4.69, 9.17) is 4.42 Å². The van der Waals surface area contributed by atoms with Crippen molar-refractivity contribution in [1.82, 2.24) is 9.62 Å². The van der Waals surface area contributed by atoms with E-state index >= 15 is 0 Å². The van der Waals surface area contributed by atoms with Gasteiger partial charge in [0.05, 0.1) is 6.54 Å². The Hall–Kier alpha value is -0.850. The molecule has 20 heavy (non-hydrogen) atoms. The van der Waals surface area contributed by atoms with Crippen LogP contribution in [0.25, 0.3) is 0 Å². The fourth-order valence-electron chi connectivity index (χ4n) is 2.37. The van der Waals surface area contributed by atoms with Crippen molar-refractivity contribution in [2.24, 2.45) is 5.92 Å². The molecule has 0 saturated carbocycles. The SMILES string of the molecule is CCC1CCN(S(=O)(=O)c2ccc(CNC(C)C)o2)C1. The van der Waals surface area contributed by atoms with Crippen LogP contribution in [0, 0.1) is 5.92 Å². The average molecular weight is 300 g/mol. The maximum Gasteiger partial charge on any atom is 0.276 e. The molecule has 2 rings (SSSR count). The van der Waals surface area contributed by atoms with Gasteiger partial charge in [-0.3, -0.25) is 0 Å². The lowest BCUT2D eigenvalue weighted by Gasteiger charge is -2.14. The van der Waals surface area contributed by atoms with Gasteiger partial charge in [-0.05, 0) is 24.5 Å². The molecule has 1 aromatic heterocycles. The predicted molar refractivity (Wildman–Crippen MR) is 77.8 cm³/mol. The first kappa shape index (κ1) is 15.5. The zero-order valence-electron chi connectivity index (χ0n) is 12.4. The summed E-state index contributed by atoms with van der Waals surface area (Å²) in [7, 11) is -3.46. The van der Waals surface area contributed by atoms with Crippen molar-refractivity contribution in [1.29, 1.82) is 0 Å². The van der Waals surface area contributed by atoms with E-state index < -0.39 is 10.0 Å². The van der Waals surface area contributed by atoms with Crippen molar-refractivity contribution in [2.75, 3.05) is 13.1 Å². The molecule has 1 aromatic rings. The van der Waals surface area contributed by atoms with E-state index in [1.165, 1.54) is 0 Å². The molecular weight excluding hydrogens is 276 g/mol. The van der Waals surface area contributed by atoms with Crippen LogP contribution in [-0.4, -0.2) is 31.9 Å². The smallest absolute Gasteiger partial charge is 0.276 e. The first-order valence-corrected chi connectivity index (χ1v) is 8.69. The maximum absolute atomic E-state index is 12.5. The van der Waals surface area contributed by atoms with Crippen molar-refractivity contribution in [3.63, 3.8) is 0 Å². The third kappa shape index (κ3) is 3.42. The van der Waals surface area contributed by atoms with Gasteiger partial charge >= 0.3 is 0 Å². The molecule has 1 N–H and O–H groups in total. The monoisotopic (exact) mass is 300 g/mol. The second-order valence-electron chi connectivity index (χ2n) is 5.68. The highest BCUT2D eigenvalue weighted by molar-refractivity contribution is 7.89. The third-order valence-corrected chi connectivity index (χ3v) is 5.48. The van der Waals surface area contributed by atoms with Gasteiger partial charge < -0.3 is 9.73 Å². The molecular formula is C14H24N2O3S. The van der Waals surface area contributed by atoms with Crippen LogP contribution in [-0.2, 0) is 16.6 Å². The number of nitrogens with one attached hydrogen (secondary N) is 1. The van der Waals surface area contributed by atoms with Gasteiger partial charge in [0.1, 0.15) is 5.76 Å². The van der Waals surface area contributed by atoms with Crippen LogP contribution < -0.4 is 5.32 Å². The zero-order chi connectivity index (χ0) is 14.8. The summed E-state index contributed by atoms with van der Waals surface area (Å²) in [5.74, 6) is 1.13. The molecule has 1 aliphatic rings. The minimum atomic E-state index is -3.46. The van der Waals surface area contributed by atoms with E-state index in [1.54, 1.807) is 16.4 Å². The van der Waals surface area contributed by atoms with Gasteiger partial charge in [0, 0.05) is 19.1 Å². The van der Waals surface area contributed by atoms with Crippen molar-refractivity contribution >= 4 is 10.0 Å². The molecule has 114 valence electrons. The molecule has 0 aliphatic carbocycles. The number of furan rings is 1. The number of sulfonamides is 1. The van der Waals surface area contributed by atoms with Crippen LogP contribution in [0.1, 0.15) is 39.4 Å². The van der Waals surface area contributed by atoms with Crippen LogP contribution in [0.4, 0.5) is 0 Å². The van der Waals surface area contributed by atoms with Gasteiger partial charge in [-0.15, -0.1) is 0 Å². The highest BCUT2D eigenvalue weighted by Crippen LogP contribution is 2.26. The van der Waals surface area contributed by atoms with E-state index in [0.717, 1.165) is 12.8 Å². The van der Waals surface area contributed by atoms with E-state index in [0.29, 0.717) is 37.4 Å². The molecule has 0 spiro atoms. The highest BCUT2D eigenvalue weighted by atomic mass is 32.2. The molecule has 0 amide bonds. The Bertz CT molecular complexity index is 536. The topological polar surface area (TPSA) is 62.6 Å². The fourth-order valence-corrected chi connectivity index (χ4v) is 3.83. The third-order valence-electron chi connectivity index (χ3n) is 3.74. The Morgan fingerprint density at radius 1 is 1.45 bits per heavy atom. The number of nitrogens with zero attached hydrogens (tertiary/aromatic N) is 1. The molecule has 0 radical (unpaired) electrons. The van der Waals surface area contributed by atoms with E-state index in [9.17, 15) is 8.42 Å². The predicted octanol–water partition coefficient (Wildman–Crippen LogP) is 2.20. The summed E-state index contributed by atoms with van der Waals surface area (Å²) >= 11 is 0. The standard InChI is InChI=1S/C14H24N2O3S/c1-4-12-7-8-16(10-12)20(17,18)14-6-5-13(19-14)9-15-11(2)3/h5-6,11-12,15H,4,7-10H2,1-3H3. The highest BCUT2D eigenvalue weighted by Gasteiger charge is 2.33. The Labute approximate surface area is 121 Å². The molecule has 1 atom stereocenters. The summed E-state index contributed by atoms with van der Waals surface area (Å²) in [6.45, 7) is 7.93. The Balaban J connectivity index is 2.06. The molecule has 0 bridgehead atoms. The maximum atomic E-state index is 12.5. The van der Waals surface area contributed by atoms with E-state index in [-0.39, 0.29) is 5.09 Å². The lowest BCUT2D eigenvalue weighted by molar-refractivity contribution is 0.373. The summed E-state index contributed by atoms with van der Waals surface area (Å²) in [6.07, 6.45) is 1.96. The van der Waals surface area contributed by atoms with Gasteiger partial charge in [0.15, 0.2) is 0 Å². The summed E-state index contributed by atoms with van der Waals surface area (Å²) < 4.78 is 31.9. The summed E-state index contributed by atoms with van der Waals surface area (Å²) in [6, 6.07) is 3.63. The number of rotatable bonds is 6. The first-order valence-electron chi connectivity index (χ1n) is 7.25. The van der Waals surface area contributed by atoms with Gasteiger partial charge in [-0.25, -0.2) is 8.42 Å². The van der Waals surface area contributed by atoms with Crippen molar-refractivity contribution in [3.8, 4) is 0 Å². The minimum Gasteiger partial charge on any atom is -0.447 e. The van der Waals surface area contributed by atoms with Crippen molar-refractivity contribution < 1.29 is 12.8 Å². The summed E-state index contributed by atoms with van der Waals surface area (Å²) in [5.41, 5.74) is 0. The molecule has 1 unspecified atom stereocenters. The lowest BCUT2D eigenvalue weighted by atomic mass is 10.1. The van der Waals surface area contributed by atoms with E-state index in [2.05, 4.69) is 12.2 Å². The Morgan fingerprint density at radius 2 is 2.20 bits per heavy atom. The zero-order valence-corrected chi connectivity index (χ0v) is 13.2. The molecule has 1 fully saturated rings. The van der Waals surface area contributed by atoms with Crippen LogP contribution in [0.15, 0.2) is 21.6 Å². The van der Waals surface area contributed by atoms with E-state index in [1.807, 2.05) is 13.8 Å². The van der Waals surface area contributed by atoms with Gasteiger partial charge in [0.2, 0.25) is 5.09 Å². The second-order valence-corrected chi connectivity index (χ2v) is 7.55. The normalized spacial score (nSPS) is 20.9. The van der Waals surface area contributed by atoms with Crippen LogP contribution >= 0.6 is 0 Å². The molecule has 1 saturated heterocycles. The molecule has 1 aliphatic heterocycles. The molecule has 5 nitrogen and oxygen atoms in total. The van der Waals surface area contributed by atoms with Crippen LogP contribution in [0.2, 0.25) is 0 Å². The van der Waals surface area contributed by atoms with Gasteiger partial charge in [-0.2, -0.15) is 4.31 Å². The average Bonchev–Trinajstić information content (AvgIpc) is 3.05. The summed E-state index contributed by atoms with van der Waals surface area (Å²) in [5, 5.41) is 3.27. The van der Waals surface area contributed by atoms with Crippen LogP contribution in [0.5, 0.6) is 0 Å². The van der Waals surface area contributed by atoms with Gasteiger partial charge in [0.25, 0.3) is 10.0 Å². The second kappa shape index (κ2) is 6.28. The Kier molecular flexibility index (Phi) is 4.88.